The highest BCUT2D eigenvalue weighted by molar-refractivity contribution is 7.86. The zero-order valence-corrected chi connectivity index (χ0v) is 14.9. The van der Waals surface area contributed by atoms with Crippen LogP contribution in [0, 0.1) is 6.92 Å². The average Bonchev–Trinajstić information content (AvgIpc) is 3.01. The number of H-pyrrole nitrogens is 1. The van der Waals surface area contributed by atoms with Crippen LogP contribution < -0.4 is 0 Å². The van der Waals surface area contributed by atoms with E-state index in [9.17, 15) is 8.42 Å². The molecule has 1 unspecified atom stereocenters. The van der Waals surface area contributed by atoms with Gasteiger partial charge in [-0.3, -0.25) is 15.1 Å². The Morgan fingerprint density at radius 3 is 2.62 bits per heavy atom. The second-order valence-corrected chi connectivity index (χ2v) is 8.36. The Bertz CT molecular complexity index is 800. The largest absolute Gasteiger partial charge is 0.282 e. The molecule has 1 atom stereocenters. The van der Waals surface area contributed by atoms with Gasteiger partial charge >= 0.3 is 0 Å². The Morgan fingerprint density at radius 2 is 2.04 bits per heavy atom. The Hall–Kier alpha value is -1.84. The fraction of sp³-hybridized carbons (Fsp3) is 0.533. The maximum Gasteiger partial charge on any atom is 0.281 e. The minimum Gasteiger partial charge on any atom is -0.282 e. The zero-order valence-electron chi connectivity index (χ0n) is 14.1. The van der Waals surface area contributed by atoms with Gasteiger partial charge in [0, 0.05) is 50.6 Å². The van der Waals surface area contributed by atoms with Gasteiger partial charge in [-0.2, -0.15) is 22.1 Å². The van der Waals surface area contributed by atoms with Gasteiger partial charge in [-0.15, -0.1) is 0 Å². The summed E-state index contributed by atoms with van der Waals surface area (Å²) < 4.78 is 27.4. The lowest BCUT2D eigenvalue weighted by Crippen LogP contribution is -2.45. The lowest BCUT2D eigenvalue weighted by atomic mass is 9.96. The molecule has 2 aromatic heterocycles. The van der Waals surface area contributed by atoms with Crippen molar-refractivity contribution in [3.63, 3.8) is 0 Å². The quantitative estimate of drug-likeness (QED) is 0.893. The number of nitrogens with zero attached hydrogens (tertiary/aromatic N) is 5. The highest BCUT2D eigenvalue weighted by Crippen LogP contribution is 2.28. The van der Waals surface area contributed by atoms with Gasteiger partial charge in [0.2, 0.25) is 0 Å². The van der Waals surface area contributed by atoms with E-state index in [1.807, 2.05) is 6.92 Å². The van der Waals surface area contributed by atoms with Crippen molar-refractivity contribution in [2.24, 2.45) is 0 Å². The van der Waals surface area contributed by atoms with Gasteiger partial charge in [0.1, 0.15) is 0 Å². The van der Waals surface area contributed by atoms with E-state index in [1.54, 1.807) is 32.7 Å². The number of aryl methyl sites for hydroxylation is 1. The molecule has 0 aliphatic carbocycles. The Labute approximate surface area is 142 Å². The third-order valence-electron chi connectivity index (χ3n) is 4.37. The summed E-state index contributed by atoms with van der Waals surface area (Å²) in [6.07, 6.45) is 6.94. The molecule has 130 valence electrons. The highest BCUT2D eigenvalue weighted by Gasteiger charge is 2.31. The number of rotatable bonds is 4. The Balaban J connectivity index is 1.78. The van der Waals surface area contributed by atoms with Crippen molar-refractivity contribution in [1.82, 2.24) is 28.8 Å². The summed E-state index contributed by atoms with van der Waals surface area (Å²) in [6.45, 7) is 2.93. The molecule has 9 heteroatoms. The van der Waals surface area contributed by atoms with Crippen LogP contribution in [0.15, 0.2) is 18.6 Å². The van der Waals surface area contributed by atoms with Gasteiger partial charge in [0.05, 0.1) is 23.8 Å². The summed E-state index contributed by atoms with van der Waals surface area (Å²) in [7, 11) is -0.271. The smallest absolute Gasteiger partial charge is 0.281 e. The zero-order chi connectivity index (χ0) is 17.3. The molecule has 2 aromatic rings. The summed E-state index contributed by atoms with van der Waals surface area (Å²) in [5.74, 6) is 0.0699. The van der Waals surface area contributed by atoms with Crippen molar-refractivity contribution in [1.29, 1.82) is 0 Å². The van der Waals surface area contributed by atoms with E-state index in [4.69, 9.17) is 0 Å². The highest BCUT2D eigenvalue weighted by atomic mass is 32.2. The summed E-state index contributed by atoms with van der Waals surface area (Å²) in [6, 6.07) is 0. The van der Waals surface area contributed by atoms with E-state index in [-0.39, 0.29) is 5.92 Å². The van der Waals surface area contributed by atoms with E-state index in [2.05, 4.69) is 20.2 Å². The van der Waals surface area contributed by atoms with Gasteiger partial charge in [-0.1, -0.05) is 0 Å². The van der Waals surface area contributed by atoms with E-state index >= 15 is 0 Å². The fourth-order valence-electron chi connectivity index (χ4n) is 2.92. The van der Waals surface area contributed by atoms with Crippen molar-refractivity contribution < 1.29 is 8.42 Å². The summed E-state index contributed by atoms with van der Waals surface area (Å²) in [5.41, 5.74) is 3.46. The van der Waals surface area contributed by atoms with E-state index in [0.717, 1.165) is 35.5 Å². The molecule has 8 nitrogen and oxygen atoms in total. The van der Waals surface area contributed by atoms with Crippen LogP contribution in [0.2, 0.25) is 0 Å². The molecule has 0 radical (unpaired) electrons. The number of piperidine rings is 1. The maximum atomic E-state index is 12.3. The normalized spacial score (nSPS) is 19.8. The van der Waals surface area contributed by atoms with E-state index < -0.39 is 10.2 Å². The Morgan fingerprint density at radius 1 is 1.25 bits per heavy atom. The molecule has 1 N–H and O–H groups in total. The first-order valence-corrected chi connectivity index (χ1v) is 9.29. The van der Waals surface area contributed by atoms with Crippen LogP contribution in [0.3, 0.4) is 0 Å². The molecule has 1 aliphatic heterocycles. The predicted molar refractivity (Wildman–Crippen MR) is 90.5 cm³/mol. The maximum absolute atomic E-state index is 12.3. The van der Waals surface area contributed by atoms with Gasteiger partial charge in [-0.05, 0) is 19.8 Å². The van der Waals surface area contributed by atoms with Crippen molar-refractivity contribution in [3.05, 3.63) is 30.0 Å². The third kappa shape index (κ3) is 3.19. The van der Waals surface area contributed by atoms with Gasteiger partial charge in [-0.25, -0.2) is 0 Å². The molecule has 0 spiro atoms. The average molecular weight is 350 g/mol. The molecule has 0 saturated carbocycles. The lowest BCUT2D eigenvalue weighted by Gasteiger charge is -2.33. The molecular weight excluding hydrogens is 328 g/mol. The van der Waals surface area contributed by atoms with Crippen molar-refractivity contribution in [2.75, 3.05) is 27.2 Å². The number of aromatic amines is 1. The number of aromatic nitrogens is 4. The number of hydrogen-bond acceptors (Lipinski definition) is 5. The van der Waals surface area contributed by atoms with Crippen LogP contribution in [0.25, 0.3) is 11.3 Å². The fourth-order valence-corrected chi connectivity index (χ4v) is 4.11. The molecule has 0 bridgehead atoms. The Kier molecular flexibility index (Phi) is 4.66. The third-order valence-corrected chi connectivity index (χ3v) is 6.27. The minimum absolute atomic E-state index is 0.0699. The molecule has 0 amide bonds. The number of nitrogens with one attached hydrogen (secondary N) is 1. The number of hydrogen-bond donors (Lipinski definition) is 1. The first-order valence-electron chi connectivity index (χ1n) is 7.89. The molecule has 1 fully saturated rings. The monoisotopic (exact) mass is 350 g/mol. The van der Waals surface area contributed by atoms with Crippen LogP contribution in [0.4, 0.5) is 0 Å². The van der Waals surface area contributed by atoms with Crippen molar-refractivity contribution in [2.45, 2.75) is 25.7 Å². The second-order valence-electron chi connectivity index (χ2n) is 6.22. The minimum atomic E-state index is -3.38. The molecule has 3 heterocycles. The van der Waals surface area contributed by atoms with Gasteiger partial charge in [0.15, 0.2) is 0 Å². The van der Waals surface area contributed by atoms with Crippen LogP contribution >= 0.6 is 0 Å². The summed E-state index contributed by atoms with van der Waals surface area (Å²) >= 11 is 0. The molecule has 0 aromatic carbocycles. The molecule has 24 heavy (non-hydrogen) atoms. The molecular formula is C15H22N6O2S. The van der Waals surface area contributed by atoms with Gasteiger partial charge < -0.3 is 0 Å². The summed E-state index contributed by atoms with van der Waals surface area (Å²) in [4.78, 5) is 9.00. The molecule has 1 aliphatic rings. The van der Waals surface area contributed by atoms with Crippen LogP contribution in [-0.2, 0) is 10.2 Å². The van der Waals surface area contributed by atoms with Gasteiger partial charge in [0.25, 0.3) is 10.2 Å². The molecule has 3 rings (SSSR count). The lowest BCUT2D eigenvalue weighted by molar-refractivity contribution is 0.296. The standard InChI is InChI=1S/C15H22N6O2S/c1-11-13(7-18-19-11)15-9-16-14(8-17-15)12-5-4-6-21(10-12)24(22,23)20(2)3/h7-9,12H,4-6,10H2,1-3H3,(H,18,19). The first kappa shape index (κ1) is 17.0. The van der Waals surface area contributed by atoms with E-state index in [0.29, 0.717) is 13.1 Å². The summed E-state index contributed by atoms with van der Waals surface area (Å²) in [5, 5.41) is 6.88. The molecule has 1 saturated heterocycles. The predicted octanol–water partition coefficient (Wildman–Crippen LogP) is 1.16. The SMILES string of the molecule is Cc1[nH]ncc1-c1cnc(C2CCCN(S(=O)(=O)N(C)C)C2)cn1. The van der Waals surface area contributed by atoms with Crippen molar-refractivity contribution in [3.8, 4) is 11.3 Å². The topological polar surface area (TPSA) is 95.1 Å². The van der Waals surface area contributed by atoms with E-state index in [1.165, 1.54) is 8.61 Å². The van der Waals surface area contributed by atoms with Crippen LogP contribution in [-0.4, -0.2) is 64.4 Å². The first-order chi connectivity index (χ1) is 11.4. The van der Waals surface area contributed by atoms with Crippen molar-refractivity contribution >= 4 is 10.2 Å². The van der Waals surface area contributed by atoms with Crippen LogP contribution in [0.1, 0.15) is 30.1 Å². The second kappa shape index (κ2) is 6.58. The van der Waals surface area contributed by atoms with Crippen LogP contribution in [0.5, 0.6) is 0 Å².